The maximum atomic E-state index is 5.57. The van der Waals surface area contributed by atoms with E-state index in [0.717, 1.165) is 77.2 Å². The maximum Gasteiger partial charge on any atom is 0.232 e. The van der Waals surface area contributed by atoms with Gasteiger partial charge in [0.1, 0.15) is 11.6 Å². The molecule has 4 heterocycles. The van der Waals surface area contributed by atoms with Gasteiger partial charge in [-0.25, -0.2) is 0 Å². The van der Waals surface area contributed by atoms with Gasteiger partial charge in [-0.2, -0.15) is 9.97 Å². The van der Waals surface area contributed by atoms with E-state index in [2.05, 4.69) is 45.2 Å². The summed E-state index contributed by atoms with van der Waals surface area (Å²) in [6, 6.07) is 2.18. The van der Waals surface area contributed by atoms with Crippen molar-refractivity contribution in [2.75, 3.05) is 80.7 Å². The molecule has 1 aromatic heterocycles. The molecule has 3 fully saturated rings. The van der Waals surface area contributed by atoms with E-state index in [0.29, 0.717) is 22.9 Å². The number of ether oxygens (including phenoxy) is 1. The molecule has 8 nitrogen and oxygen atoms in total. The Bertz CT molecular complexity index is 742. The first-order valence-corrected chi connectivity index (χ1v) is 12.7. The minimum atomic E-state index is 0.584. The van der Waals surface area contributed by atoms with E-state index in [1.54, 1.807) is 0 Å². The van der Waals surface area contributed by atoms with Crippen LogP contribution < -0.4 is 20.4 Å². The highest BCUT2D eigenvalue weighted by molar-refractivity contribution is 7.80. The van der Waals surface area contributed by atoms with Crippen LogP contribution in [0.4, 0.5) is 17.6 Å². The second-order valence-corrected chi connectivity index (χ2v) is 10.0. The summed E-state index contributed by atoms with van der Waals surface area (Å²) < 4.78 is 5.42. The van der Waals surface area contributed by atoms with Crippen molar-refractivity contribution in [1.82, 2.24) is 20.2 Å². The van der Waals surface area contributed by atoms with Crippen molar-refractivity contribution in [2.24, 2.45) is 11.8 Å². The highest BCUT2D eigenvalue weighted by Gasteiger charge is 2.25. The van der Waals surface area contributed by atoms with Crippen molar-refractivity contribution in [1.29, 1.82) is 0 Å². The Balaban J connectivity index is 1.42. The Hall–Kier alpha value is -1.71. The number of rotatable bonds is 6. The maximum absolute atomic E-state index is 5.57. The zero-order chi connectivity index (χ0) is 22.3. The van der Waals surface area contributed by atoms with Crippen LogP contribution in [0.5, 0.6) is 0 Å². The quantitative estimate of drug-likeness (QED) is 0.622. The SMILES string of the molecule is C[C@@H]1C[C@H](C)CN(c2cc(N3CCCCC3)nc(NC(=S)NCCN3CCOCC3)n2)C1. The molecule has 3 saturated heterocycles. The summed E-state index contributed by atoms with van der Waals surface area (Å²) in [5.41, 5.74) is 0. The third-order valence-corrected chi connectivity index (χ3v) is 6.86. The topological polar surface area (TPSA) is 68.8 Å². The van der Waals surface area contributed by atoms with Gasteiger partial charge in [-0.15, -0.1) is 0 Å². The molecule has 0 aliphatic carbocycles. The van der Waals surface area contributed by atoms with Crippen LogP contribution in [-0.2, 0) is 4.74 Å². The summed E-state index contributed by atoms with van der Waals surface area (Å²) in [6.07, 6.45) is 5.03. The van der Waals surface area contributed by atoms with Crippen LogP contribution >= 0.6 is 12.2 Å². The summed E-state index contributed by atoms with van der Waals surface area (Å²) in [5.74, 6) is 3.97. The molecule has 0 radical (unpaired) electrons. The predicted molar refractivity (Wildman–Crippen MR) is 135 cm³/mol. The molecule has 0 amide bonds. The first-order valence-electron chi connectivity index (χ1n) is 12.3. The smallest absolute Gasteiger partial charge is 0.232 e. The van der Waals surface area contributed by atoms with Crippen LogP contribution in [0.3, 0.4) is 0 Å². The van der Waals surface area contributed by atoms with Gasteiger partial charge < -0.3 is 25.2 Å². The minimum absolute atomic E-state index is 0.584. The second kappa shape index (κ2) is 11.4. The number of aromatic nitrogens is 2. The van der Waals surface area contributed by atoms with Crippen LogP contribution in [0.1, 0.15) is 39.5 Å². The number of thiocarbonyl (C=S) groups is 1. The summed E-state index contributed by atoms with van der Waals surface area (Å²) in [4.78, 5) is 16.9. The zero-order valence-corrected chi connectivity index (χ0v) is 20.5. The lowest BCUT2D eigenvalue weighted by atomic mass is 9.92. The fraction of sp³-hybridized carbons (Fsp3) is 0.783. The van der Waals surface area contributed by atoms with Gasteiger partial charge in [0, 0.05) is 58.4 Å². The van der Waals surface area contributed by atoms with E-state index in [4.69, 9.17) is 26.9 Å². The second-order valence-electron chi connectivity index (χ2n) is 9.64. The van der Waals surface area contributed by atoms with Crippen molar-refractivity contribution < 1.29 is 4.74 Å². The van der Waals surface area contributed by atoms with Crippen molar-refractivity contribution in [3.05, 3.63) is 6.07 Å². The van der Waals surface area contributed by atoms with Crippen LogP contribution in [0.15, 0.2) is 6.07 Å². The fourth-order valence-corrected chi connectivity index (χ4v) is 5.27. The van der Waals surface area contributed by atoms with Crippen LogP contribution in [-0.4, -0.2) is 85.6 Å². The molecule has 2 atom stereocenters. The number of nitrogens with one attached hydrogen (secondary N) is 2. The van der Waals surface area contributed by atoms with Gasteiger partial charge in [-0.05, 0) is 49.7 Å². The van der Waals surface area contributed by atoms with Gasteiger partial charge in [0.15, 0.2) is 5.11 Å². The van der Waals surface area contributed by atoms with Crippen molar-refractivity contribution in [3.8, 4) is 0 Å². The van der Waals surface area contributed by atoms with E-state index < -0.39 is 0 Å². The average molecular weight is 462 g/mol. The first-order chi connectivity index (χ1) is 15.6. The molecule has 178 valence electrons. The monoisotopic (exact) mass is 461 g/mol. The lowest BCUT2D eigenvalue weighted by Gasteiger charge is -2.36. The Kier molecular flexibility index (Phi) is 8.37. The number of hydrogen-bond donors (Lipinski definition) is 2. The molecule has 3 aliphatic rings. The van der Waals surface area contributed by atoms with Gasteiger partial charge in [0.05, 0.1) is 13.2 Å². The van der Waals surface area contributed by atoms with Gasteiger partial charge in [-0.3, -0.25) is 4.90 Å². The molecule has 32 heavy (non-hydrogen) atoms. The Morgan fingerprint density at radius 3 is 2.34 bits per heavy atom. The molecule has 0 aromatic carbocycles. The first kappa shape index (κ1) is 23.4. The average Bonchev–Trinajstić information content (AvgIpc) is 2.79. The number of anilines is 3. The lowest BCUT2D eigenvalue weighted by Crippen LogP contribution is -2.42. The van der Waals surface area contributed by atoms with Crippen molar-refractivity contribution in [2.45, 2.75) is 39.5 Å². The van der Waals surface area contributed by atoms with Crippen LogP contribution in [0.25, 0.3) is 0 Å². The summed E-state index contributed by atoms with van der Waals surface area (Å²) >= 11 is 5.57. The number of piperidine rings is 2. The Morgan fingerprint density at radius 2 is 1.66 bits per heavy atom. The Labute approximate surface area is 198 Å². The highest BCUT2D eigenvalue weighted by atomic mass is 32.1. The van der Waals surface area contributed by atoms with Crippen LogP contribution in [0.2, 0.25) is 0 Å². The van der Waals surface area contributed by atoms with Gasteiger partial charge >= 0.3 is 0 Å². The predicted octanol–water partition coefficient (Wildman–Crippen LogP) is 2.57. The van der Waals surface area contributed by atoms with Gasteiger partial charge in [0.2, 0.25) is 5.95 Å². The molecule has 3 aliphatic heterocycles. The molecule has 0 unspecified atom stereocenters. The van der Waals surface area contributed by atoms with E-state index in [9.17, 15) is 0 Å². The van der Waals surface area contributed by atoms with E-state index in [1.165, 1.54) is 25.7 Å². The number of morpholine rings is 1. The van der Waals surface area contributed by atoms with E-state index >= 15 is 0 Å². The van der Waals surface area contributed by atoms with Crippen molar-refractivity contribution in [3.63, 3.8) is 0 Å². The fourth-order valence-electron chi connectivity index (χ4n) is 5.07. The molecular formula is C23H39N7OS. The zero-order valence-electron chi connectivity index (χ0n) is 19.7. The molecule has 1 aromatic rings. The molecule has 0 saturated carbocycles. The van der Waals surface area contributed by atoms with Gasteiger partial charge in [0.25, 0.3) is 0 Å². The summed E-state index contributed by atoms with van der Waals surface area (Å²) in [6.45, 7) is 14.2. The van der Waals surface area contributed by atoms with E-state index in [-0.39, 0.29) is 0 Å². The summed E-state index contributed by atoms with van der Waals surface area (Å²) in [7, 11) is 0. The molecular weight excluding hydrogens is 422 g/mol. The number of hydrogen-bond acceptors (Lipinski definition) is 7. The molecule has 0 bridgehead atoms. The number of nitrogens with zero attached hydrogens (tertiary/aromatic N) is 5. The third-order valence-electron chi connectivity index (χ3n) is 6.61. The third kappa shape index (κ3) is 6.65. The molecule has 2 N–H and O–H groups in total. The standard InChI is InChI=1S/C23H39N7OS/c1-18-14-19(2)17-30(16-18)21-15-20(29-7-4-3-5-8-29)25-22(26-21)27-23(32)24-6-9-28-10-12-31-13-11-28/h15,18-19H,3-14,16-17H2,1-2H3,(H2,24,25,26,27,32)/t18-,19+. The minimum Gasteiger partial charge on any atom is -0.379 e. The molecule has 4 rings (SSSR count). The normalized spacial score (nSPS) is 24.9. The summed E-state index contributed by atoms with van der Waals surface area (Å²) in [5, 5.41) is 7.17. The van der Waals surface area contributed by atoms with E-state index in [1.807, 2.05) is 0 Å². The molecule has 9 heteroatoms. The van der Waals surface area contributed by atoms with Gasteiger partial charge in [-0.1, -0.05) is 13.8 Å². The molecule has 0 spiro atoms. The van der Waals surface area contributed by atoms with Crippen LogP contribution in [0, 0.1) is 11.8 Å². The highest BCUT2D eigenvalue weighted by Crippen LogP contribution is 2.29. The largest absolute Gasteiger partial charge is 0.379 e. The lowest BCUT2D eigenvalue weighted by molar-refractivity contribution is 0.0389. The Morgan fingerprint density at radius 1 is 1.00 bits per heavy atom. The van der Waals surface area contributed by atoms with Crippen molar-refractivity contribution >= 4 is 34.9 Å².